The minimum atomic E-state index is -3.99. The van der Waals surface area contributed by atoms with Gasteiger partial charge in [-0.05, 0) is 60.0 Å². The third-order valence-corrected chi connectivity index (χ3v) is 7.15. The number of rotatable bonds is 8. The van der Waals surface area contributed by atoms with E-state index in [2.05, 4.69) is 4.72 Å². The third-order valence-electron chi connectivity index (χ3n) is 4.65. The van der Waals surface area contributed by atoms with E-state index in [1.165, 1.54) is 42.7 Å². The summed E-state index contributed by atoms with van der Waals surface area (Å²) in [7, 11) is -2.51. The standard InChI is InChI=1S/C21H21N3O4S2/c1-3-24(14-22)21(25)19(12-15-13-29-20-7-5-4-6-18(15)20)23-30(26,27)17-10-8-16(28-2)9-11-17/h4-11,13,19,23H,3,12H2,1-2H3. The summed E-state index contributed by atoms with van der Waals surface area (Å²) in [5.41, 5.74) is 0.848. The lowest BCUT2D eigenvalue weighted by atomic mass is 10.0. The Morgan fingerprint density at radius 3 is 2.57 bits per heavy atom. The van der Waals surface area contributed by atoms with Crippen molar-refractivity contribution >= 4 is 37.4 Å². The zero-order valence-corrected chi connectivity index (χ0v) is 18.2. The van der Waals surface area contributed by atoms with Crippen LogP contribution in [0.15, 0.2) is 58.8 Å². The number of ether oxygens (including phenoxy) is 1. The number of fused-ring (bicyclic) bond motifs is 1. The van der Waals surface area contributed by atoms with Gasteiger partial charge in [-0.1, -0.05) is 18.2 Å². The van der Waals surface area contributed by atoms with Crippen LogP contribution < -0.4 is 9.46 Å². The number of methoxy groups -OCH3 is 1. The van der Waals surface area contributed by atoms with Gasteiger partial charge in [-0.25, -0.2) is 13.3 Å². The molecule has 0 aliphatic rings. The van der Waals surface area contributed by atoms with Crippen molar-refractivity contribution in [3.63, 3.8) is 0 Å². The summed E-state index contributed by atoms with van der Waals surface area (Å²) in [5, 5.41) is 12.2. The molecule has 0 radical (unpaired) electrons. The normalized spacial score (nSPS) is 12.3. The van der Waals surface area contributed by atoms with Crippen LogP contribution in [0.2, 0.25) is 0 Å². The number of carbonyl (C=O) groups excluding carboxylic acids is 1. The molecule has 156 valence electrons. The molecule has 0 aliphatic heterocycles. The maximum atomic E-state index is 12.9. The van der Waals surface area contributed by atoms with Crippen molar-refractivity contribution < 1.29 is 17.9 Å². The molecule has 1 heterocycles. The van der Waals surface area contributed by atoms with Gasteiger partial charge in [0.05, 0.1) is 12.0 Å². The minimum Gasteiger partial charge on any atom is -0.497 e. The van der Waals surface area contributed by atoms with Crippen LogP contribution in [0.4, 0.5) is 0 Å². The zero-order chi connectivity index (χ0) is 21.7. The van der Waals surface area contributed by atoms with Crippen molar-refractivity contribution in [3.05, 3.63) is 59.5 Å². The number of nitriles is 1. The monoisotopic (exact) mass is 443 g/mol. The summed E-state index contributed by atoms with van der Waals surface area (Å²) in [6, 6.07) is 12.5. The Balaban J connectivity index is 1.94. The smallest absolute Gasteiger partial charge is 0.254 e. The van der Waals surface area contributed by atoms with E-state index in [1.54, 1.807) is 6.92 Å². The summed E-state index contributed by atoms with van der Waals surface area (Å²) in [5.74, 6) is -0.0691. The van der Waals surface area contributed by atoms with Crippen LogP contribution in [0.5, 0.6) is 5.75 Å². The molecule has 3 rings (SSSR count). The second kappa shape index (κ2) is 9.26. The average Bonchev–Trinajstić information content (AvgIpc) is 3.17. The summed E-state index contributed by atoms with van der Waals surface area (Å²) in [6.07, 6.45) is 1.96. The van der Waals surface area contributed by atoms with Crippen LogP contribution in [-0.4, -0.2) is 38.9 Å². The number of hydrogen-bond donors (Lipinski definition) is 1. The molecular weight excluding hydrogens is 422 g/mol. The van der Waals surface area contributed by atoms with Gasteiger partial charge < -0.3 is 4.74 Å². The van der Waals surface area contributed by atoms with Gasteiger partial charge in [0.1, 0.15) is 11.8 Å². The molecule has 1 aromatic heterocycles. The Hall–Kier alpha value is -2.93. The molecule has 0 saturated carbocycles. The van der Waals surface area contributed by atoms with Crippen LogP contribution in [0.3, 0.4) is 0 Å². The van der Waals surface area contributed by atoms with E-state index < -0.39 is 22.0 Å². The molecule has 7 nitrogen and oxygen atoms in total. The van der Waals surface area contributed by atoms with E-state index in [1.807, 2.05) is 35.8 Å². The molecule has 30 heavy (non-hydrogen) atoms. The molecule has 0 fully saturated rings. The number of likely N-dealkylation sites (N-methyl/N-ethyl adjacent to an activating group) is 1. The fraction of sp³-hybridized carbons (Fsp3) is 0.238. The van der Waals surface area contributed by atoms with Crippen LogP contribution in [-0.2, 0) is 21.2 Å². The first-order valence-electron chi connectivity index (χ1n) is 9.22. The Labute approximate surface area is 179 Å². The zero-order valence-electron chi connectivity index (χ0n) is 16.5. The van der Waals surface area contributed by atoms with E-state index >= 15 is 0 Å². The molecular formula is C21H21N3O4S2. The van der Waals surface area contributed by atoms with E-state index in [0.717, 1.165) is 20.5 Å². The van der Waals surface area contributed by atoms with Gasteiger partial charge in [0.2, 0.25) is 10.0 Å². The average molecular weight is 444 g/mol. The maximum absolute atomic E-state index is 12.9. The van der Waals surface area contributed by atoms with Crippen molar-refractivity contribution in [3.8, 4) is 11.9 Å². The number of nitrogens with zero attached hydrogens (tertiary/aromatic N) is 2. The SMILES string of the molecule is CCN(C#N)C(=O)C(Cc1csc2ccccc12)NS(=O)(=O)c1ccc(OC)cc1. The molecule has 3 aromatic rings. The molecule has 0 spiro atoms. The van der Waals surface area contributed by atoms with Crippen molar-refractivity contribution in [2.24, 2.45) is 0 Å². The number of hydrogen-bond acceptors (Lipinski definition) is 6. The molecule has 1 unspecified atom stereocenters. The molecule has 2 aromatic carbocycles. The quantitative estimate of drug-likeness (QED) is 0.426. The summed E-state index contributed by atoms with van der Waals surface area (Å²) < 4.78 is 34.5. The van der Waals surface area contributed by atoms with Crippen LogP contribution in [0.25, 0.3) is 10.1 Å². The number of amides is 1. The van der Waals surface area contributed by atoms with E-state index in [9.17, 15) is 18.5 Å². The van der Waals surface area contributed by atoms with Crippen LogP contribution in [0.1, 0.15) is 12.5 Å². The topological polar surface area (TPSA) is 99.5 Å². The van der Waals surface area contributed by atoms with Crippen molar-refractivity contribution in [2.45, 2.75) is 24.3 Å². The van der Waals surface area contributed by atoms with Crippen molar-refractivity contribution in [1.82, 2.24) is 9.62 Å². The Kier molecular flexibility index (Phi) is 6.72. The van der Waals surface area contributed by atoms with Crippen molar-refractivity contribution in [1.29, 1.82) is 5.26 Å². The minimum absolute atomic E-state index is 0.0104. The maximum Gasteiger partial charge on any atom is 0.254 e. The van der Waals surface area contributed by atoms with Gasteiger partial charge in [-0.2, -0.15) is 9.98 Å². The lowest BCUT2D eigenvalue weighted by molar-refractivity contribution is -0.129. The first-order chi connectivity index (χ1) is 14.4. The molecule has 0 saturated heterocycles. The van der Waals surface area contributed by atoms with Gasteiger partial charge in [-0.15, -0.1) is 11.3 Å². The summed E-state index contributed by atoms with van der Waals surface area (Å²) >= 11 is 1.52. The molecule has 1 amide bonds. The number of carbonyl (C=O) groups is 1. The van der Waals surface area contributed by atoms with E-state index in [-0.39, 0.29) is 17.9 Å². The Morgan fingerprint density at radius 2 is 1.93 bits per heavy atom. The second-order valence-electron chi connectivity index (χ2n) is 6.49. The first-order valence-corrected chi connectivity index (χ1v) is 11.6. The van der Waals surface area contributed by atoms with Crippen LogP contribution in [0, 0.1) is 11.5 Å². The number of nitrogens with one attached hydrogen (secondary N) is 1. The predicted octanol–water partition coefficient (Wildman–Crippen LogP) is 3.13. The van der Waals surface area contributed by atoms with E-state index in [4.69, 9.17) is 4.74 Å². The summed E-state index contributed by atoms with van der Waals surface area (Å²) in [6.45, 7) is 1.82. The van der Waals surface area contributed by atoms with Gasteiger partial charge in [0.25, 0.3) is 5.91 Å². The summed E-state index contributed by atoms with van der Waals surface area (Å²) in [4.78, 5) is 13.9. The Bertz CT molecular complexity index is 1180. The van der Waals surface area contributed by atoms with Gasteiger partial charge >= 0.3 is 0 Å². The fourth-order valence-corrected chi connectivity index (χ4v) is 5.23. The van der Waals surface area contributed by atoms with Crippen molar-refractivity contribution in [2.75, 3.05) is 13.7 Å². The highest BCUT2D eigenvalue weighted by atomic mass is 32.2. The van der Waals surface area contributed by atoms with Crippen LogP contribution >= 0.6 is 11.3 Å². The van der Waals surface area contributed by atoms with E-state index in [0.29, 0.717) is 5.75 Å². The number of benzene rings is 2. The lowest BCUT2D eigenvalue weighted by Gasteiger charge is -2.21. The molecule has 1 atom stereocenters. The van der Waals surface area contributed by atoms with Gasteiger partial charge in [-0.3, -0.25) is 4.79 Å². The number of sulfonamides is 1. The predicted molar refractivity (Wildman–Crippen MR) is 116 cm³/mol. The first kappa shape index (κ1) is 21.8. The number of thiophene rings is 1. The molecule has 9 heteroatoms. The molecule has 0 aliphatic carbocycles. The van der Waals surface area contributed by atoms with Gasteiger partial charge in [0, 0.05) is 11.2 Å². The third kappa shape index (κ3) is 4.62. The molecule has 1 N–H and O–H groups in total. The highest BCUT2D eigenvalue weighted by Gasteiger charge is 2.30. The lowest BCUT2D eigenvalue weighted by Crippen LogP contribution is -2.48. The largest absolute Gasteiger partial charge is 0.497 e. The second-order valence-corrected chi connectivity index (χ2v) is 9.12. The fourth-order valence-electron chi connectivity index (χ4n) is 3.06. The highest BCUT2D eigenvalue weighted by Crippen LogP contribution is 2.27. The highest BCUT2D eigenvalue weighted by molar-refractivity contribution is 7.89. The van der Waals surface area contributed by atoms with Gasteiger partial charge in [0.15, 0.2) is 6.19 Å². The Morgan fingerprint density at radius 1 is 1.23 bits per heavy atom. The molecule has 0 bridgehead atoms.